The van der Waals surface area contributed by atoms with Gasteiger partial charge >= 0.3 is 0 Å². The van der Waals surface area contributed by atoms with Crippen molar-refractivity contribution in [2.24, 2.45) is 5.92 Å². The third-order valence-corrected chi connectivity index (χ3v) is 7.24. The molecule has 1 atom stereocenters. The van der Waals surface area contributed by atoms with Crippen LogP contribution in [0, 0.1) is 5.92 Å². The van der Waals surface area contributed by atoms with Gasteiger partial charge in [0, 0.05) is 11.4 Å². The molecular weight excluding hydrogens is 332 g/mol. The van der Waals surface area contributed by atoms with E-state index in [2.05, 4.69) is 40.1 Å². The summed E-state index contributed by atoms with van der Waals surface area (Å²) in [6.45, 7) is 5.39. The fourth-order valence-corrected chi connectivity index (χ4v) is 5.65. The molecule has 2 bridgehead atoms. The van der Waals surface area contributed by atoms with Crippen molar-refractivity contribution >= 4 is 16.3 Å². The Morgan fingerprint density at radius 3 is 2.80 bits per heavy atom. The topological polar surface area (TPSA) is 24.9 Å². The molecule has 1 aromatic carbocycles. The van der Waals surface area contributed by atoms with Gasteiger partial charge in [-0.3, -0.25) is 0 Å². The van der Waals surface area contributed by atoms with Gasteiger partial charge < -0.3 is 19.3 Å². The lowest BCUT2D eigenvalue weighted by Crippen LogP contribution is -2.60. The number of rotatable bonds is 3. The fourth-order valence-electron chi connectivity index (χ4n) is 4.66. The first-order chi connectivity index (χ1) is 12.3. The summed E-state index contributed by atoms with van der Waals surface area (Å²) >= 11 is 1.85. The highest BCUT2D eigenvalue weighted by Crippen LogP contribution is 2.44. The smallest absolute Gasteiger partial charge is 0.120 e. The molecule has 4 aliphatic rings. The lowest BCUT2D eigenvalue weighted by Gasteiger charge is -2.50. The second-order valence-electron chi connectivity index (χ2n) is 7.46. The Balaban J connectivity index is 1.36. The average Bonchev–Trinajstić information content (AvgIpc) is 3.31. The van der Waals surface area contributed by atoms with Crippen molar-refractivity contribution in [3.8, 4) is 16.2 Å². The van der Waals surface area contributed by atoms with Crippen molar-refractivity contribution in [2.45, 2.75) is 18.4 Å². The van der Waals surface area contributed by atoms with Crippen LogP contribution in [-0.2, 0) is 4.74 Å². The molecule has 4 saturated heterocycles. The van der Waals surface area contributed by atoms with Gasteiger partial charge in [-0.1, -0.05) is 12.1 Å². The summed E-state index contributed by atoms with van der Waals surface area (Å²) in [5.74, 6) is 1.64. The zero-order valence-corrected chi connectivity index (χ0v) is 15.4. The van der Waals surface area contributed by atoms with E-state index in [4.69, 9.17) is 9.47 Å². The molecule has 0 saturated carbocycles. The van der Waals surface area contributed by atoms with Crippen LogP contribution in [0.15, 0.2) is 36.4 Å². The molecule has 132 valence electrons. The number of hydrogen-bond donors (Lipinski definition) is 0. The maximum absolute atomic E-state index is 6.40. The van der Waals surface area contributed by atoms with Gasteiger partial charge in [-0.25, -0.2) is 0 Å². The number of fused-ring (bicyclic) bond motifs is 2. The predicted octanol–water partition coefficient (Wildman–Crippen LogP) is 3.68. The highest BCUT2D eigenvalue weighted by molar-refractivity contribution is 7.19. The summed E-state index contributed by atoms with van der Waals surface area (Å²) in [7, 11) is 1.72. The summed E-state index contributed by atoms with van der Waals surface area (Å²) in [6.07, 6.45) is 2.60. The molecule has 2 aromatic rings. The van der Waals surface area contributed by atoms with Crippen LogP contribution in [0.3, 0.4) is 0 Å². The van der Waals surface area contributed by atoms with Crippen LogP contribution in [-0.4, -0.2) is 50.5 Å². The second kappa shape index (κ2) is 6.01. The van der Waals surface area contributed by atoms with Crippen molar-refractivity contribution in [3.05, 3.63) is 36.4 Å². The van der Waals surface area contributed by atoms with E-state index in [9.17, 15) is 0 Å². The molecule has 0 N–H and O–H groups in total. The van der Waals surface area contributed by atoms with Crippen molar-refractivity contribution in [3.63, 3.8) is 0 Å². The van der Waals surface area contributed by atoms with Crippen molar-refractivity contribution in [2.75, 3.05) is 44.9 Å². The Morgan fingerprint density at radius 2 is 2.04 bits per heavy atom. The van der Waals surface area contributed by atoms with Crippen LogP contribution in [0.25, 0.3) is 10.4 Å². The molecule has 4 aliphatic heterocycles. The minimum absolute atomic E-state index is 0.0661. The van der Waals surface area contributed by atoms with E-state index >= 15 is 0 Å². The Bertz CT molecular complexity index is 769. The van der Waals surface area contributed by atoms with Crippen LogP contribution >= 0.6 is 11.3 Å². The summed E-state index contributed by atoms with van der Waals surface area (Å²) in [6, 6.07) is 12.7. The molecule has 25 heavy (non-hydrogen) atoms. The Morgan fingerprint density at radius 1 is 1.16 bits per heavy atom. The number of ether oxygens (including phenoxy) is 2. The van der Waals surface area contributed by atoms with Crippen LogP contribution in [0.1, 0.15) is 12.8 Å². The normalized spacial score (nSPS) is 31.0. The number of thiophene rings is 1. The minimum Gasteiger partial charge on any atom is -0.497 e. The number of hydrogen-bond acceptors (Lipinski definition) is 5. The lowest BCUT2D eigenvalue weighted by molar-refractivity contribution is -0.116. The van der Waals surface area contributed by atoms with Crippen molar-refractivity contribution in [1.29, 1.82) is 0 Å². The van der Waals surface area contributed by atoms with Gasteiger partial charge in [0.15, 0.2) is 0 Å². The summed E-state index contributed by atoms with van der Waals surface area (Å²) in [5.41, 5.74) is 1.28. The van der Waals surface area contributed by atoms with Gasteiger partial charge in [0.25, 0.3) is 0 Å². The Labute approximate surface area is 153 Å². The maximum Gasteiger partial charge on any atom is 0.120 e. The van der Waals surface area contributed by atoms with E-state index in [1.165, 1.54) is 41.4 Å². The van der Waals surface area contributed by atoms with Gasteiger partial charge in [-0.05, 0) is 61.7 Å². The molecular formula is C20H24N2O2S. The van der Waals surface area contributed by atoms with E-state index in [0.717, 1.165) is 31.5 Å². The third-order valence-electron chi connectivity index (χ3n) is 6.05. The van der Waals surface area contributed by atoms with Gasteiger partial charge in [-0.2, -0.15) is 0 Å². The zero-order chi connectivity index (χ0) is 16.9. The number of methoxy groups -OCH3 is 1. The molecule has 4 nitrogen and oxygen atoms in total. The molecule has 1 spiro atoms. The zero-order valence-electron chi connectivity index (χ0n) is 14.6. The van der Waals surface area contributed by atoms with Crippen LogP contribution in [0.5, 0.6) is 5.75 Å². The van der Waals surface area contributed by atoms with Gasteiger partial charge in [0.2, 0.25) is 0 Å². The molecule has 0 radical (unpaired) electrons. The fraction of sp³-hybridized carbons (Fsp3) is 0.500. The van der Waals surface area contributed by atoms with Crippen molar-refractivity contribution in [1.82, 2.24) is 4.90 Å². The van der Waals surface area contributed by atoms with Gasteiger partial charge in [-0.15, -0.1) is 11.3 Å². The first-order valence-corrected chi connectivity index (χ1v) is 9.93. The summed E-state index contributed by atoms with van der Waals surface area (Å²) < 4.78 is 11.8. The largest absolute Gasteiger partial charge is 0.497 e. The van der Waals surface area contributed by atoms with Gasteiger partial charge in [0.05, 0.1) is 18.7 Å². The molecule has 1 aromatic heterocycles. The SMILES string of the molecule is COc1cccc(-c2ccc(N3CO[C@]4(CN5CCC4CC5)C3)s2)c1. The monoisotopic (exact) mass is 356 g/mol. The molecule has 0 unspecified atom stereocenters. The number of benzene rings is 1. The van der Waals surface area contributed by atoms with E-state index in [0.29, 0.717) is 0 Å². The second-order valence-corrected chi connectivity index (χ2v) is 8.52. The van der Waals surface area contributed by atoms with Crippen LogP contribution in [0.2, 0.25) is 0 Å². The standard InChI is InChI=1S/C20H24N2O2S/c1-23-17-4-2-3-15(11-17)18-5-6-19(25-18)22-13-20(24-14-22)12-21-9-7-16(20)8-10-21/h2-6,11,16H,7-10,12-14H2,1H3/t20-/m1/s1. The predicted molar refractivity (Wildman–Crippen MR) is 102 cm³/mol. The number of anilines is 1. The molecule has 0 aliphatic carbocycles. The minimum atomic E-state index is 0.0661. The maximum atomic E-state index is 6.40. The van der Waals surface area contributed by atoms with E-state index in [1.807, 2.05) is 17.4 Å². The Hall–Kier alpha value is -1.56. The first kappa shape index (κ1) is 15.7. The third kappa shape index (κ3) is 2.65. The lowest BCUT2D eigenvalue weighted by atomic mass is 9.75. The highest BCUT2D eigenvalue weighted by atomic mass is 32.1. The molecule has 0 amide bonds. The van der Waals surface area contributed by atoms with Crippen molar-refractivity contribution < 1.29 is 9.47 Å². The molecule has 6 rings (SSSR count). The first-order valence-electron chi connectivity index (χ1n) is 9.11. The molecule has 5 heterocycles. The highest BCUT2D eigenvalue weighted by Gasteiger charge is 2.51. The average molecular weight is 356 g/mol. The molecule has 4 fully saturated rings. The Kier molecular flexibility index (Phi) is 3.77. The molecule has 5 heteroatoms. The van der Waals surface area contributed by atoms with Crippen LogP contribution < -0.4 is 9.64 Å². The number of nitrogens with zero attached hydrogens (tertiary/aromatic N) is 2. The number of piperidine rings is 3. The summed E-state index contributed by atoms with van der Waals surface area (Å²) in [4.78, 5) is 6.29. The van der Waals surface area contributed by atoms with Gasteiger partial charge in [0.1, 0.15) is 18.1 Å². The summed E-state index contributed by atoms with van der Waals surface area (Å²) in [5, 5.41) is 1.31. The van der Waals surface area contributed by atoms with E-state index < -0.39 is 0 Å². The quantitative estimate of drug-likeness (QED) is 0.838. The van der Waals surface area contributed by atoms with E-state index in [-0.39, 0.29) is 5.60 Å². The van der Waals surface area contributed by atoms with E-state index in [1.54, 1.807) is 7.11 Å². The van der Waals surface area contributed by atoms with Crippen LogP contribution in [0.4, 0.5) is 5.00 Å².